The molecule has 0 saturated carbocycles. The Hall–Kier alpha value is -1.46. The molecule has 0 unspecified atom stereocenters. The van der Waals surface area contributed by atoms with E-state index in [-0.39, 0.29) is 23.7 Å². The normalized spacial score (nSPS) is 19.0. The van der Waals surface area contributed by atoms with Crippen LogP contribution in [0.3, 0.4) is 0 Å². The van der Waals surface area contributed by atoms with Crippen LogP contribution in [-0.4, -0.2) is 38.8 Å². The first-order chi connectivity index (χ1) is 10.2. The molecule has 0 radical (unpaired) electrons. The van der Waals surface area contributed by atoms with Gasteiger partial charge in [0.25, 0.3) is 5.91 Å². The first-order valence-corrected chi connectivity index (χ1v) is 7.56. The summed E-state index contributed by atoms with van der Waals surface area (Å²) in [5, 5.41) is 6.41. The van der Waals surface area contributed by atoms with Crippen LogP contribution in [0.15, 0.2) is 18.2 Å². The van der Waals surface area contributed by atoms with Gasteiger partial charge in [0.2, 0.25) is 0 Å². The summed E-state index contributed by atoms with van der Waals surface area (Å²) < 4.78 is 11.1. The van der Waals surface area contributed by atoms with Gasteiger partial charge in [0.15, 0.2) is 11.5 Å². The van der Waals surface area contributed by atoms with Gasteiger partial charge in [-0.25, -0.2) is 0 Å². The molecular weight excluding hydrogens is 304 g/mol. The number of amides is 1. The molecule has 0 spiro atoms. The fraction of sp³-hybridized carbons (Fsp3) is 0.562. The summed E-state index contributed by atoms with van der Waals surface area (Å²) in [6.45, 7) is 5.98. The minimum Gasteiger partial charge on any atom is -0.486 e. The number of para-hydroxylation sites is 1. The fourth-order valence-corrected chi connectivity index (χ4v) is 2.85. The lowest BCUT2D eigenvalue weighted by Gasteiger charge is -2.34. The largest absolute Gasteiger partial charge is 0.486 e. The van der Waals surface area contributed by atoms with E-state index in [1.807, 2.05) is 12.1 Å². The third-order valence-electron chi connectivity index (χ3n) is 4.30. The van der Waals surface area contributed by atoms with Gasteiger partial charge in [-0.05, 0) is 43.5 Å². The highest BCUT2D eigenvalue weighted by Gasteiger charge is 2.28. The molecule has 0 aliphatic carbocycles. The second kappa shape index (κ2) is 7.20. The Bertz CT molecular complexity index is 530. The standard InChI is InChI=1S/C16H22N2O3.ClH/c1-16(5-7-17-8-6-16)11-18-15(19)12-3-2-4-13-14(12)21-10-9-20-13;/h2-4,17H,5-11H2,1H3,(H,18,19);1H. The third-order valence-corrected chi connectivity index (χ3v) is 4.30. The first-order valence-electron chi connectivity index (χ1n) is 7.56. The van der Waals surface area contributed by atoms with Gasteiger partial charge in [0, 0.05) is 6.54 Å². The van der Waals surface area contributed by atoms with Crippen LogP contribution in [0.1, 0.15) is 30.1 Å². The van der Waals surface area contributed by atoms with Crippen molar-refractivity contribution >= 4 is 18.3 Å². The number of fused-ring (bicyclic) bond motifs is 1. The van der Waals surface area contributed by atoms with E-state index in [1.165, 1.54) is 0 Å². The van der Waals surface area contributed by atoms with Crippen molar-refractivity contribution in [1.29, 1.82) is 0 Å². The Morgan fingerprint density at radius 3 is 2.77 bits per heavy atom. The zero-order valence-corrected chi connectivity index (χ0v) is 13.6. The van der Waals surface area contributed by atoms with Gasteiger partial charge < -0.3 is 20.1 Å². The Kier molecular flexibility index (Phi) is 5.53. The number of carbonyl (C=O) groups is 1. The molecule has 2 heterocycles. The van der Waals surface area contributed by atoms with Crippen molar-refractivity contribution in [1.82, 2.24) is 10.6 Å². The Morgan fingerprint density at radius 1 is 1.27 bits per heavy atom. The smallest absolute Gasteiger partial charge is 0.255 e. The van der Waals surface area contributed by atoms with Crippen LogP contribution in [0.2, 0.25) is 0 Å². The number of hydrogen-bond acceptors (Lipinski definition) is 4. The zero-order valence-electron chi connectivity index (χ0n) is 12.8. The van der Waals surface area contributed by atoms with E-state index in [1.54, 1.807) is 6.07 Å². The number of hydrogen-bond donors (Lipinski definition) is 2. The van der Waals surface area contributed by atoms with Crippen LogP contribution in [0.5, 0.6) is 11.5 Å². The second-order valence-electron chi connectivity index (χ2n) is 6.07. The number of piperidine rings is 1. The summed E-state index contributed by atoms with van der Waals surface area (Å²) in [6, 6.07) is 5.45. The van der Waals surface area contributed by atoms with Crippen LogP contribution in [0.4, 0.5) is 0 Å². The van der Waals surface area contributed by atoms with Crippen molar-refractivity contribution in [3.8, 4) is 11.5 Å². The lowest BCUT2D eigenvalue weighted by Crippen LogP contribution is -2.43. The second-order valence-corrected chi connectivity index (χ2v) is 6.07. The highest BCUT2D eigenvalue weighted by molar-refractivity contribution is 5.97. The van der Waals surface area contributed by atoms with Gasteiger partial charge in [0.1, 0.15) is 13.2 Å². The molecule has 3 rings (SSSR count). The molecule has 0 atom stereocenters. The zero-order chi connectivity index (χ0) is 14.7. The topological polar surface area (TPSA) is 59.6 Å². The molecule has 6 heteroatoms. The maximum absolute atomic E-state index is 12.4. The van der Waals surface area contributed by atoms with Gasteiger partial charge in [-0.15, -0.1) is 12.4 Å². The van der Waals surface area contributed by atoms with E-state index >= 15 is 0 Å². The molecule has 122 valence electrons. The van der Waals surface area contributed by atoms with E-state index in [0.717, 1.165) is 25.9 Å². The minimum atomic E-state index is -0.0860. The fourth-order valence-electron chi connectivity index (χ4n) is 2.85. The van der Waals surface area contributed by atoms with Gasteiger partial charge in [-0.3, -0.25) is 4.79 Å². The molecule has 1 fully saturated rings. The van der Waals surface area contributed by atoms with Crippen molar-refractivity contribution in [2.75, 3.05) is 32.8 Å². The van der Waals surface area contributed by atoms with Gasteiger partial charge in [-0.1, -0.05) is 13.0 Å². The SMILES string of the molecule is CC1(CNC(=O)c2cccc3c2OCCO3)CCNCC1.Cl. The lowest BCUT2D eigenvalue weighted by molar-refractivity contribution is 0.0911. The molecule has 2 N–H and O–H groups in total. The molecular formula is C16H23ClN2O3. The molecule has 1 aromatic rings. The average Bonchev–Trinajstić information content (AvgIpc) is 2.53. The van der Waals surface area contributed by atoms with E-state index in [9.17, 15) is 4.79 Å². The lowest BCUT2D eigenvalue weighted by atomic mass is 9.81. The maximum Gasteiger partial charge on any atom is 0.255 e. The van der Waals surface area contributed by atoms with Crippen molar-refractivity contribution < 1.29 is 14.3 Å². The summed E-state index contributed by atoms with van der Waals surface area (Å²) in [5.41, 5.74) is 0.734. The Balaban J connectivity index is 0.00000176. The van der Waals surface area contributed by atoms with E-state index in [0.29, 0.717) is 36.8 Å². The predicted molar refractivity (Wildman–Crippen MR) is 87.2 cm³/mol. The molecule has 0 bridgehead atoms. The summed E-state index contributed by atoms with van der Waals surface area (Å²) >= 11 is 0. The van der Waals surface area contributed by atoms with Crippen LogP contribution < -0.4 is 20.1 Å². The summed E-state index contributed by atoms with van der Waals surface area (Å²) in [7, 11) is 0. The summed E-state index contributed by atoms with van der Waals surface area (Å²) in [5.74, 6) is 1.13. The van der Waals surface area contributed by atoms with E-state index in [2.05, 4.69) is 17.6 Å². The number of nitrogens with one attached hydrogen (secondary N) is 2. The van der Waals surface area contributed by atoms with Crippen LogP contribution in [0.25, 0.3) is 0 Å². The Morgan fingerprint density at radius 2 is 2.00 bits per heavy atom. The molecule has 0 aromatic heterocycles. The van der Waals surface area contributed by atoms with E-state index < -0.39 is 0 Å². The third kappa shape index (κ3) is 3.65. The van der Waals surface area contributed by atoms with Gasteiger partial charge in [-0.2, -0.15) is 0 Å². The van der Waals surface area contributed by atoms with Gasteiger partial charge >= 0.3 is 0 Å². The number of halogens is 1. The highest BCUT2D eigenvalue weighted by atomic mass is 35.5. The monoisotopic (exact) mass is 326 g/mol. The molecule has 1 amide bonds. The predicted octanol–water partition coefficient (Wildman–Crippen LogP) is 2.00. The Labute approximate surface area is 137 Å². The van der Waals surface area contributed by atoms with Gasteiger partial charge in [0.05, 0.1) is 5.56 Å². The summed E-state index contributed by atoms with van der Waals surface area (Å²) in [6.07, 6.45) is 2.17. The first kappa shape index (κ1) is 16.9. The molecule has 2 aliphatic heterocycles. The molecule has 22 heavy (non-hydrogen) atoms. The molecule has 2 aliphatic rings. The van der Waals surface area contributed by atoms with Crippen LogP contribution in [-0.2, 0) is 0 Å². The van der Waals surface area contributed by atoms with Crippen molar-refractivity contribution in [3.63, 3.8) is 0 Å². The number of rotatable bonds is 3. The van der Waals surface area contributed by atoms with Crippen molar-refractivity contribution in [2.45, 2.75) is 19.8 Å². The quantitative estimate of drug-likeness (QED) is 0.892. The van der Waals surface area contributed by atoms with Crippen LogP contribution in [0, 0.1) is 5.41 Å². The molecule has 5 nitrogen and oxygen atoms in total. The van der Waals surface area contributed by atoms with Crippen molar-refractivity contribution in [3.05, 3.63) is 23.8 Å². The molecule has 1 aromatic carbocycles. The number of carbonyl (C=O) groups excluding carboxylic acids is 1. The number of benzene rings is 1. The average molecular weight is 327 g/mol. The van der Waals surface area contributed by atoms with E-state index in [4.69, 9.17) is 9.47 Å². The minimum absolute atomic E-state index is 0. The van der Waals surface area contributed by atoms with Crippen LogP contribution >= 0.6 is 12.4 Å². The number of ether oxygens (including phenoxy) is 2. The highest BCUT2D eigenvalue weighted by Crippen LogP contribution is 2.34. The van der Waals surface area contributed by atoms with Crippen molar-refractivity contribution in [2.24, 2.45) is 5.41 Å². The maximum atomic E-state index is 12.4. The summed E-state index contributed by atoms with van der Waals surface area (Å²) in [4.78, 5) is 12.4. The molecule has 1 saturated heterocycles.